The molecule has 2 heterocycles. The minimum absolute atomic E-state index is 0.104. The zero-order valence-corrected chi connectivity index (χ0v) is 7.54. The smallest absolute Gasteiger partial charge is 0.120 e. The standard InChI is InChI=1S/C9H16O3/c1-10-7-9(8-6-11-8)4-2-3-5-12-9/h8H,2-7H2,1H3/t8-,9?/m0/s1. The summed E-state index contributed by atoms with van der Waals surface area (Å²) in [6.45, 7) is 2.39. The Morgan fingerprint density at radius 1 is 1.50 bits per heavy atom. The lowest BCUT2D eigenvalue weighted by Crippen LogP contribution is -2.45. The Kier molecular flexibility index (Phi) is 2.35. The van der Waals surface area contributed by atoms with Gasteiger partial charge in [-0.2, -0.15) is 0 Å². The van der Waals surface area contributed by atoms with Crippen LogP contribution in [0.4, 0.5) is 0 Å². The fourth-order valence-corrected chi connectivity index (χ4v) is 1.93. The molecule has 70 valence electrons. The fraction of sp³-hybridized carbons (Fsp3) is 1.00. The molecule has 3 nitrogen and oxygen atoms in total. The summed E-state index contributed by atoms with van der Waals surface area (Å²) < 4.78 is 16.3. The molecule has 0 bridgehead atoms. The summed E-state index contributed by atoms with van der Waals surface area (Å²) in [7, 11) is 1.72. The van der Waals surface area contributed by atoms with E-state index in [4.69, 9.17) is 14.2 Å². The van der Waals surface area contributed by atoms with Crippen LogP contribution in [0.1, 0.15) is 19.3 Å². The highest BCUT2D eigenvalue weighted by molar-refractivity contribution is 4.97. The van der Waals surface area contributed by atoms with Gasteiger partial charge < -0.3 is 14.2 Å². The van der Waals surface area contributed by atoms with E-state index in [-0.39, 0.29) is 5.60 Å². The lowest BCUT2D eigenvalue weighted by atomic mass is 9.91. The van der Waals surface area contributed by atoms with E-state index in [0.29, 0.717) is 12.7 Å². The molecular formula is C9H16O3. The molecule has 2 rings (SSSR count). The van der Waals surface area contributed by atoms with Crippen LogP contribution < -0.4 is 0 Å². The lowest BCUT2D eigenvalue weighted by molar-refractivity contribution is -0.128. The van der Waals surface area contributed by atoms with Crippen LogP contribution in [-0.2, 0) is 14.2 Å². The van der Waals surface area contributed by atoms with E-state index < -0.39 is 0 Å². The van der Waals surface area contributed by atoms with Gasteiger partial charge in [-0.25, -0.2) is 0 Å². The fourth-order valence-electron chi connectivity index (χ4n) is 1.93. The molecule has 2 aliphatic rings. The molecule has 2 aliphatic heterocycles. The van der Waals surface area contributed by atoms with Crippen molar-refractivity contribution in [1.82, 2.24) is 0 Å². The molecule has 0 N–H and O–H groups in total. The Balaban J connectivity index is 1.98. The van der Waals surface area contributed by atoms with E-state index in [2.05, 4.69) is 0 Å². The van der Waals surface area contributed by atoms with Crippen molar-refractivity contribution in [2.75, 3.05) is 26.9 Å². The number of epoxide rings is 1. The van der Waals surface area contributed by atoms with Gasteiger partial charge in [-0.15, -0.1) is 0 Å². The van der Waals surface area contributed by atoms with Crippen molar-refractivity contribution in [3.8, 4) is 0 Å². The van der Waals surface area contributed by atoms with Gasteiger partial charge >= 0.3 is 0 Å². The average Bonchev–Trinajstić information content (AvgIpc) is 2.89. The van der Waals surface area contributed by atoms with Gasteiger partial charge in [0.15, 0.2) is 0 Å². The monoisotopic (exact) mass is 172 g/mol. The second-order valence-electron chi connectivity index (χ2n) is 3.63. The van der Waals surface area contributed by atoms with Gasteiger partial charge in [0, 0.05) is 13.7 Å². The van der Waals surface area contributed by atoms with Crippen LogP contribution in [0.25, 0.3) is 0 Å². The first-order chi connectivity index (χ1) is 5.87. The van der Waals surface area contributed by atoms with E-state index in [0.717, 1.165) is 19.6 Å². The third-order valence-corrected chi connectivity index (χ3v) is 2.69. The molecule has 0 saturated carbocycles. The Morgan fingerprint density at radius 2 is 2.33 bits per heavy atom. The molecule has 12 heavy (non-hydrogen) atoms. The van der Waals surface area contributed by atoms with Crippen LogP contribution in [0.2, 0.25) is 0 Å². The molecule has 0 aromatic rings. The number of rotatable bonds is 3. The van der Waals surface area contributed by atoms with Crippen LogP contribution in [0.15, 0.2) is 0 Å². The Hall–Kier alpha value is -0.120. The maximum atomic E-state index is 5.78. The average molecular weight is 172 g/mol. The van der Waals surface area contributed by atoms with E-state index in [1.807, 2.05) is 0 Å². The summed E-state index contributed by atoms with van der Waals surface area (Å²) >= 11 is 0. The van der Waals surface area contributed by atoms with E-state index in [1.165, 1.54) is 12.8 Å². The largest absolute Gasteiger partial charge is 0.382 e. The molecular weight excluding hydrogens is 156 g/mol. The highest BCUT2D eigenvalue weighted by atomic mass is 16.6. The number of ether oxygens (including phenoxy) is 3. The molecule has 1 unspecified atom stereocenters. The molecule has 0 aromatic heterocycles. The molecule has 2 atom stereocenters. The summed E-state index contributed by atoms with van der Waals surface area (Å²) in [5.41, 5.74) is -0.104. The van der Waals surface area contributed by atoms with E-state index >= 15 is 0 Å². The van der Waals surface area contributed by atoms with E-state index in [1.54, 1.807) is 7.11 Å². The van der Waals surface area contributed by atoms with Crippen LogP contribution in [-0.4, -0.2) is 38.6 Å². The van der Waals surface area contributed by atoms with Crippen molar-refractivity contribution < 1.29 is 14.2 Å². The van der Waals surface area contributed by atoms with Crippen LogP contribution in [0.5, 0.6) is 0 Å². The van der Waals surface area contributed by atoms with Gasteiger partial charge in [-0.3, -0.25) is 0 Å². The number of hydrogen-bond donors (Lipinski definition) is 0. The van der Waals surface area contributed by atoms with Gasteiger partial charge in [0.05, 0.1) is 13.2 Å². The Labute approximate surface area is 73.0 Å². The number of hydrogen-bond acceptors (Lipinski definition) is 3. The first-order valence-corrected chi connectivity index (χ1v) is 4.62. The zero-order valence-electron chi connectivity index (χ0n) is 7.54. The second kappa shape index (κ2) is 3.32. The van der Waals surface area contributed by atoms with E-state index in [9.17, 15) is 0 Å². The molecule has 3 heteroatoms. The van der Waals surface area contributed by atoms with Crippen LogP contribution in [0.3, 0.4) is 0 Å². The lowest BCUT2D eigenvalue weighted by Gasteiger charge is -2.35. The Bertz CT molecular complexity index is 142. The SMILES string of the molecule is COCC1([C@@H]2CO2)CCCCO1. The van der Waals surface area contributed by atoms with Crippen molar-refractivity contribution >= 4 is 0 Å². The highest BCUT2D eigenvalue weighted by Gasteiger charge is 2.48. The van der Waals surface area contributed by atoms with Gasteiger partial charge in [-0.05, 0) is 19.3 Å². The predicted molar refractivity (Wildman–Crippen MR) is 44.2 cm³/mol. The summed E-state index contributed by atoms with van der Waals surface area (Å²) in [5.74, 6) is 0. The van der Waals surface area contributed by atoms with Crippen LogP contribution >= 0.6 is 0 Å². The quantitative estimate of drug-likeness (QED) is 0.594. The molecule has 0 radical (unpaired) electrons. The highest BCUT2D eigenvalue weighted by Crippen LogP contribution is 2.36. The molecule has 0 amide bonds. The third kappa shape index (κ3) is 1.49. The zero-order chi connectivity index (χ0) is 8.44. The molecule has 0 aromatic carbocycles. The number of methoxy groups -OCH3 is 1. The Morgan fingerprint density at radius 3 is 2.83 bits per heavy atom. The third-order valence-electron chi connectivity index (χ3n) is 2.69. The molecule has 2 saturated heterocycles. The summed E-state index contributed by atoms with van der Waals surface area (Å²) in [6, 6.07) is 0. The molecule has 0 spiro atoms. The normalized spacial score (nSPS) is 41.2. The first kappa shape index (κ1) is 8.48. The summed E-state index contributed by atoms with van der Waals surface area (Å²) in [4.78, 5) is 0. The molecule has 2 fully saturated rings. The first-order valence-electron chi connectivity index (χ1n) is 4.62. The van der Waals surface area contributed by atoms with Crippen molar-refractivity contribution in [3.05, 3.63) is 0 Å². The molecule has 0 aliphatic carbocycles. The van der Waals surface area contributed by atoms with Crippen molar-refractivity contribution in [3.63, 3.8) is 0 Å². The predicted octanol–water partition coefficient (Wildman–Crippen LogP) is 0.971. The second-order valence-corrected chi connectivity index (χ2v) is 3.63. The van der Waals surface area contributed by atoms with Crippen molar-refractivity contribution in [1.29, 1.82) is 0 Å². The van der Waals surface area contributed by atoms with Crippen LogP contribution in [0, 0.1) is 0 Å². The van der Waals surface area contributed by atoms with Gasteiger partial charge in [0.25, 0.3) is 0 Å². The maximum absolute atomic E-state index is 5.78. The topological polar surface area (TPSA) is 31.0 Å². The van der Waals surface area contributed by atoms with Gasteiger partial charge in [0.1, 0.15) is 11.7 Å². The van der Waals surface area contributed by atoms with Gasteiger partial charge in [0.2, 0.25) is 0 Å². The van der Waals surface area contributed by atoms with Crippen molar-refractivity contribution in [2.45, 2.75) is 31.0 Å². The summed E-state index contributed by atoms with van der Waals surface area (Å²) in [5, 5.41) is 0. The van der Waals surface area contributed by atoms with Crippen molar-refractivity contribution in [2.24, 2.45) is 0 Å². The van der Waals surface area contributed by atoms with Gasteiger partial charge in [-0.1, -0.05) is 0 Å². The summed E-state index contributed by atoms with van der Waals surface area (Å²) in [6.07, 6.45) is 3.81. The minimum Gasteiger partial charge on any atom is -0.382 e. The maximum Gasteiger partial charge on any atom is 0.120 e. The minimum atomic E-state index is -0.104.